The molecule has 0 spiro atoms. The van der Waals surface area contributed by atoms with Crippen LogP contribution in [-0.4, -0.2) is 27.4 Å². The van der Waals surface area contributed by atoms with Crippen LogP contribution in [0.2, 0.25) is 5.02 Å². The summed E-state index contributed by atoms with van der Waals surface area (Å²) in [5, 5.41) is 4.04. The van der Waals surface area contributed by atoms with E-state index < -0.39 is 0 Å². The average molecular weight is 244 g/mol. The van der Waals surface area contributed by atoms with Crippen LogP contribution >= 0.6 is 11.6 Å². The molecule has 1 aromatic rings. The Bertz CT molecular complexity index is 318. The van der Waals surface area contributed by atoms with E-state index in [9.17, 15) is 0 Å². The molecule has 0 aliphatic heterocycles. The molecule has 0 bridgehead atoms. The van der Waals surface area contributed by atoms with Crippen LogP contribution in [0.1, 0.15) is 12.0 Å². The minimum Gasteiger partial charge on any atom is -0.496 e. The number of ether oxygens (including phenoxy) is 2. The first-order valence-electron chi connectivity index (χ1n) is 5.30. The van der Waals surface area contributed by atoms with E-state index in [0.717, 1.165) is 35.9 Å². The first-order valence-corrected chi connectivity index (χ1v) is 5.68. The summed E-state index contributed by atoms with van der Waals surface area (Å²) < 4.78 is 10.2. The number of halogens is 1. The lowest BCUT2D eigenvalue weighted by Crippen LogP contribution is -2.16. The van der Waals surface area contributed by atoms with E-state index in [-0.39, 0.29) is 0 Å². The molecule has 0 saturated carbocycles. The molecule has 0 fully saturated rings. The normalized spacial score (nSPS) is 10.4. The molecule has 1 aromatic carbocycles. The highest BCUT2D eigenvalue weighted by Crippen LogP contribution is 2.25. The highest BCUT2D eigenvalue weighted by atomic mass is 35.5. The summed E-state index contributed by atoms with van der Waals surface area (Å²) in [5.74, 6) is 0.826. The predicted octanol–water partition coefficient (Wildman–Crippen LogP) is 2.47. The van der Waals surface area contributed by atoms with Crippen LogP contribution in [0.25, 0.3) is 0 Å². The van der Waals surface area contributed by atoms with Crippen molar-refractivity contribution < 1.29 is 9.47 Å². The first-order chi connectivity index (χ1) is 7.79. The second-order valence-electron chi connectivity index (χ2n) is 3.44. The fourth-order valence-electron chi connectivity index (χ4n) is 1.46. The molecule has 0 aliphatic rings. The van der Waals surface area contributed by atoms with Crippen molar-refractivity contribution >= 4 is 11.6 Å². The maximum atomic E-state index is 6.10. The van der Waals surface area contributed by atoms with Gasteiger partial charge in [-0.3, -0.25) is 0 Å². The molecule has 16 heavy (non-hydrogen) atoms. The fraction of sp³-hybridized carbons (Fsp3) is 0.500. The maximum Gasteiger partial charge on any atom is 0.124 e. The standard InChI is InChI=1S/C12H18ClNO2/c1-15-8-4-7-14-9-10-11(13)5-3-6-12(10)16-2/h3,5-6,14H,4,7-9H2,1-2H3. The summed E-state index contributed by atoms with van der Waals surface area (Å²) in [7, 11) is 3.36. The fourth-order valence-corrected chi connectivity index (χ4v) is 1.69. The summed E-state index contributed by atoms with van der Waals surface area (Å²) in [6, 6.07) is 5.67. The Balaban J connectivity index is 2.46. The Morgan fingerprint density at radius 1 is 1.31 bits per heavy atom. The zero-order valence-electron chi connectivity index (χ0n) is 9.75. The van der Waals surface area contributed by atoms with E-state index in [1.807, 2.05) is 18.2 Å². The summed E-state index contributed by atoms with van der Waals surface area (Å²) in [6.07, 6.45) is 0.989. The third kappa shape index (κ3) is 4.00. The molecule has 0 radical (unpaired) electrons. The highest BCUT2D eigenvalue weighted by molar-refractivity contribution is 6.31. The van der Waals surface area contributed by atoms with E-state index >= 15 is 0 Å². The van der Waals surface area contributed by atoms with Crippen molar-refractivity contribution in [1.82, 2.24) is 5.32 Å². The first kappa shape index (κ1) is 13.3. The van der Waals surface area contributed by atoms with Gasteiger partial charge >= 0.3 is 0 Å². The SMILES string of the molecule is COCCCNCc1c(Cl)cccc1OC. The zero-order valence-corrected chi connectivity index (χ0v) is 10.5. The molecule has 0 atom stereocenters. The quantitative estimate of drug-likeness (QED) is 0.747. The lowest BCUT2D eigenvalue weighted by Gasteiger charge is -2.11. The molecule has 3 nitrogen and oxygen atoms in total. The van der Waals surface area contributed by atoms with Gasteiger partial charge in [-0.05, 0) is 25.1 Å². The third-order valence-corrected chi connectivity index (χ3v) is 2.65. The van der Waals surface area contributed by atoms with E-state index in [0.29, 0.717) is 6.54 Å². The zero-order chi connectivity index (χ0) is 11.8. The van der Waals surface area contributed by atoms with Gasteiger partial charge in [-0.25, -0.2) is 0 Å². The molecule has 0 aliphatic carbocycles. The summed E-state index contributed by atoms with van der Waals surface area (Å²) >= 11 is 6.10. The number of benzene rings is 1. The second-order valence-corrected chi connectivity index (χ2v) is 3.85. The van der Waals surface area contributed by atoms with Crippen LogP contribution in [-0.2, 0) is 11.3 Å². The van der Waals surface area contributed by atoms with Crippen LogP contribution < -0.4 is 10.1 Å². The molecule has 0 saturated heterocycles. The van der Waals surface area contributed by atoms with E-state index in [1.54, 1.807) is 14.2 Å². The van der Waals surface area contributed by atoms with Gasteiger partial charge in [-0.15, -0.1) is 0 Å². The lowest BCUT2D eigenvalue weighted by atomic mass is 10.2. The number of hydrogen-bond acceptors (Lipinski definition) is 3. The van der Waals surface area contributed by atoms with Crippen molar-refractivity contribution in [3.8, 4) is 5.75 Å². The van der Waals surface area contributed by atoms with Crippen molar-refractivity contribution in [1.29, 1.82) is 0 Å². The monoisotopic (exact) mass is 243 g/mol. The number of methoxy groups -OCH3 is 2. The van der Waals surface area contributed by atoms with E-state index in [1.165, 1.54) is 0 Å². The van der Waals surface area contributed by atoms with Gasteiger partial charge in [-0.2, -0.15) is 0 Å². The van der Waals surface area contributed by atoms with Crippen LogP contribution in [0.4, 0.5) is 0 Å². The summed E-state index contributed by atoms with van der Waals surface area (Å²) in [6.45, 7) is 2.39. The van der Waals surface area contributed by atoms with Crippen molar-refractivity contribution in [2.75, 3.05) is 27.4 Å². The highest BCUT2D eigenvalue weighted by Gasteiger charge is 2.06. The van der Waals surface area contributed by atoms with Gasteiger partial charge in [0.15, 0.2) is 0 Å². The largest absolute Gasteiger partial charge is 0.496 e. The molecule has 90 valence electrons. The van der Waals surface area contributed by atoms with Gasteiger partial charge in [0.05, 0.1) is 7.11 Å². The maximum absolute atomic E-state index is 6.10. The van der Waals surface area contributed by atoms with Gasteiger partial charge < -0.3 is 14.8 Å². The molecular formula is C12H18ClNO2. The Morgan fingerprint density at radius 2 is 2.12 bits per heavy atom. The molecule has 0 aromatic heterocycles. The average Bonchev–Trinajstić information content (AvgIpc) is 2.30. The lowest BCUT2D eigenvalue weighted by molar-refractivity contribution is 0.194. The molecule has 0 heterocycles. The summed E-state index contributed by atoms with van der Waals surface area (Å²) in [5.41, 5.74) is 1.00. The van der Waals surface area contributed by atoms with E-state index in [4.69, 9.17) is 21.1 Å². The van der Waals surface area contributed by atoms with Crippen LogP contribution in [0.15, 0.2) is 18.2 Å². The van der Waals surface area contributed by atoms with Crippen molar-refractivity contribution in [2.24, 2.45) is 0 Å². The Labute approximate surface area is 102 Å². The van der Waals surface area contributed by atoms with Gasteiger partial charge in [0.25, 0.3) is 0 Å². The van der Waals surface area contributed by atoms with Crippen molar-refractivity contribution in [2.45, 2.75) is 13.0 Å². The Kier molecular flexibility index (Phi) is 6.23. The minimum absolute atomic E-state index is 0.715. The van der Waals surface area contributed by atoms with Crippen LogP contribution in [0.5, 0.6) is 5.75 Å². The molecule has 1 rings (SSSR count). The third-order valence-electron chi connectivity index (χ3n) is 2.30. The number of rotatable bonds is 7. The predicted molar refractivity (Wildman–Crippen MR) is 66.2 cm³/mol. The van der Waals surface area contributed by atoms with Gasteiger partial charge in [0, 0.05) is 30.8 Å². The molecule has 0 unspecified atom stereocenters. The van der Waals surface area contributed by atoms with E-state index in [2.05, 4.69) is 5.32 Å². The smallest absolute Gasteiger partial charge is 0.124 e. The van der Waals surface area contributed by atoms with Gasteiger partial charge in [0.2, 0.25) is 0 Å². The second kappa shape index (κ2) is 7.49. The van der Waals surface area contributed by atoms with Crippen LogP contribution in [0.3, 0.4) is 0 Å². The summed E-state index contributed by atoms with van der Waals surface area (Å²) in [4.78, 5) is 0. The Hall–Kier alpha value is -0.770. The van der Waals surface area contributed by atoms with Gasteiger partial charge in [-0.1, -0.05) is 17.7 Å². The van der Waals surface area contributed by atoms with Crippen molar-refractivity contribution in [3.05, 3.63) is 28.8 Å². The number of hydrogen-bond donors (Lipinski definition) is 1. The molecular weight excluding hydrogens is 226 g/mol. The Morgan fingerprint density at radius 3 is 2.81 bits per heavy atom. The number of nitrogens with one attached hydrogen (secondary N) is 1. The molecule has 0 amide bonds. The van der Waals surface area contributed by atoms with Gasteiger partial charge in [0.1, 0.15) is 5.75 Å². The van der Waals surface area contributed by atoms with Crippen molar-refractivity contribution in [3.63, 3.8) is 0 Å². The minimum atomic E-state index is 0.715. The molecule has 4 heteroatoms. The topological polar surface area (TPSA) is 30.5 Å². The van der Waals surface area contributed by atoms with Crippen LogP contribution in [0, 0.1) is 0 Å². The molecule has 1 N–H and O–H groups in total.